The summed E-state index contributed by atoms with van der Waals surface area (Å²) in [4.78, 5) is 26.3. The van der Waals surface area contributed by atoms with Gasteiger partial charge in [0.2, 0.25) is 0 Å². The number of hydrazone groups is 1. The highest BCUT2D eigenvalue weighted by atomic mass is 16.5. The normalized spacial score (nSPS) is 13.6. The Labute approximate surface area is 179 Å². The lowest BCUT2D eigenvalue weighted by atomic mass is 9.93. The Hall–Kier alpha value is -4.11. The maximum absolute atomic E-state index is 12.8. The molecule has 0 radical (unpaired) electrons. The molecule has 9 heteroatoms. The van der Waals surface area contributed by atoms with Crippen molar-refractivity contribution >= 4 is 17.5 Å². The summed E-state index contributed by atoms with van der Waals surface area (Å²) in [6.07, 6.45) is 2.00. The Bertz CT molecular complexity index is 1090. The van der Waals surface area contributed by atoms with E-state index >= 15 is 0 Å². The summed E-state index contributed by atoms with van der Waals surface area (Å²) in [6, 6.07) is 10.4. The number of carbonyl (C=O) groups is 2. The molecule has 0 saturated carbocycles. The molecule has 0 atom stereocenters. The third-order valence-electron chi connectivity index (χ3n) is 4.97. The quantitative estimate of drug-likeness (QED) is 0.565. The van der Waals surface area contributed by atoms with E-state index in [4.69, 9.17) is 19.7 Å². The summed E-state index contributed by atoms with van der Waals surface area (Å²) in [6.45, 7) is 1.31. The van der Waals surface area contributed by atoms with Gasteiger partial charge in [0, 0.05) is 23.1 Å². The number of amides is 2. The molecule has 9 nitrogen and oxygen atoms in total. The van der Waals surface area contributed by atoms with Gasteiger partial charge in [0.1, 0.15) is 24.6 Å². The summed E-state index contributed by atoms with van der Waals surface area (Å²) in [5, 5.41) is 22.1. The van der Waals surface area contributed by atoms with E-state index in [0.717, 1.165) is 11.3 Å². The first-order valence-electron chi connectivity index (χ1n) is 9.66. The zero-order chi connectivity index (χ0) is 22.4. The molecule has 1 N–H and O–H groups in total. The number of rotatable bonds is 6. The van der Waals surface area contributed by atoms with Gasteiger partial charge in [-0.3, -0.25) is 9.59 Å². The highest BCUT2D eigenvalue weighted by Crippen LogP contribution is 2.30. The number of nitrogens with one attached hydrogen (secondary N) is 1. The Balaban J connectivity index is 1.85. The van der Waals surface area contributed by atoms with Crippen LogP contribution in [0.4, 0.5) is 0 Å². The van der Waals surface area contributed by atoms with Gasteiger partial charge in [0.05, 0.1) is 25.0 Å². The van der Waals surface area contributed by atoms with Crippen LogP contribution in [0.1, 0.15) is 50.6 Å². The number of nitriles is 2. The standard InChI is InChI=1S/C22H21N5O4/c1-14-19-17(25-26-21(28)15-6-8-16(30-2)9-7-15)4-3-5-18(19)31-20(14)22(29)27(12-10-23)13-11-24/h6-9H,3-5,12-13H2,1-2H3,(H,26,28)/b25-17+. The fourth-order valence-electron chi connectivity index (χ4n) is 3.42. The molecule has 0 bridgehead atoms. The summed E-state index contributed by atoms with van der Waals surface area (Å²) in [7, 11) is 1.55. The van der Waals surface area contributed by atoms with Gasteiger partial charge in [-0.1, -0.05) is 0 Å². The molecule has 1 aliphatic rings. The maximum atomic E-state index is 12.8. The van der Waals surface area contributed by atoms with Crippen LogP contribution in [0.2, 0.25) is 0 Å². The highest BCUT2D eigenvalue weighted by Gasteiger charge is 2.30. The van der Waals surface area contributed by atoms with E-state index in [1.165, 1.54) is 0 Å². The molecule has 158 valence electrons. The van der Waals surface area contributed by atoms with Crippen LogP contribution >= 0.6 is 0 Å². The van der Waals surface area contributed by atoms with Crippen molar-refractivity contribution in [3.63, 3.8) is 0 Å². The first kappa shape index (κ1) is 21.6. The first-order chi connectivity index (χ1) is 15.0. The van der Waals surface area contributed by atoms with Gasteiger partial charge in [-0.2, -0.15) is 15.6 Å². The number of methoxy groups -OCH3 is 1. The summed E-state index contributed by atoms with van der Waals surface area (Å²) < 4.78 is 10.9. The van der Waals surface area contributed by atoms with Crippen molar-refractivity contribution < 1.29 is 18.7 Å². The number of furan rings is 1. The molecule has 0 fully saturated rings. The minimum atomic E-state index is -0.517. The van der Waals surface area contributed by atoms with E-state index < -0.39 is 5.91 Å². The minimum Gasteiger partial charge on any atom is -0.497 e. The predicted octanol–water partition coefficient (Wildman–Crippen LogP) is 2.56. The van der Waals surface area contributed by atoms with Crippen molar-refractivity contribution in [2.75, 3.05) is 20.2 Å². The average Bonchev–Trinajstić information content (AvgIpc) is 3.14. The summed E-state index contributed by atoms with van der Waals surface area (Å²) in [5.41, 5.74) is 4.89. The second-order valence-corrected chi connectivity index (χ2v) is 6.91. The molecule has 31 heavy (non-hydrogen) atoms. The Morgan fingerprint density at radius 3 is 2.48 bits per heavy atom. The number of carbonyl (C=O) groups excluding carboxylic acids is 2. The average molecular weight is 419 g/mol. The molecule has 0 unspecified atom stereocenters. The number of fused-ring (bicyclic) bond motifs is 1. The van der Waals surface area contributed by atoms with Gasteiger partial charge in [-0.05, 0) is 44.0 Å². The lowest BCUT2D eigenvalue weighted by molar-refractivity contribution is 0.0760. The molecule has 1 aliphatic carbocycles. The number of benzene rings is 1. The monoisotopic (exact) mass is 419 g/mol. The molecule has 2 aromatic rings. The van der Waals surface area contributed by atoms with Crippen molar-refractivity contribution in [3.05, 3.63) is 52.5 Å². The number of hydrogen-bond donors (Lipinski definition) is 1. The third-order valence-corrected chi connectivity index (χ3v) is 4.97. The van der Waals surface area contributed by atoms with Crippen molar-refractivity contribution in [2.24, 2.45) is 5.10 Å². The van der Waals surface area contributed by atoms with Crippen LogP contribution in [0, 0.1) is 29.6 Å². The van der Waals surface area contributed by atoms with E-state index in [9.17, 15) is 9.59 Å². The van der Waals surface area contributed by atoms with Crippen LogP contribution in [0.15, 0.2) is 33.8 Å². The van der Waals surface area contributed by atoms with Crippen LogP contribution in [-0.4, -0.2) is 42.6 Å². The molecular formula is C22H21N5O4. The molecule has 0 aliphatic heterocycles. The number of aryl methyl sites for hydroxylation is 1. The van der Waals surface area contributed by atoms with Crippen molar-refractivity contribution in [1.29, 1.82) is 10.5 Å². The summed E-state index contributed by atoms with van der Waals surface area (Å²) >= 11 is 0. The van der Waals surface area contributed by atoms with E-state index in [0.29, 0.717) is 46.8 Å². The van der Waals surface area contributed by atoms with Crippen molar-refractivity contribution in [2.45, 2.75) is 26.2 Å². The van der Waals surface area contributed by atoms with Crippen LogP contribution in [0.3, 0.4) is 0 Å². The van der Waals surface area contributed by atoms with Gasteiger partial charge in [0.25, 0.3) is 11.8 Å². The molecule has 1 aromatic carbocycles. The van der Waals surface area contributed by atoms with Crippen LogP contribution < -0.4 is 10.2 Å². The number of nitrogens with zero attached hydrogens (tertiary/aromatic N) is 4. The van der Waals surface area contributed by atoms with E-state index in [1.54, 1.807) is 38.3 Å². The van der Waals surface area contributed by atoms with Crippen molar-refractivity contribution in [3.8, 4) is 17.9 Å². The molecule has 2 amide bonds. The predicted molar refractivity (Wildman–Crippen MR) is 111 cm³/mol. The molecular weight excluding hydrogens is 398 g/mol. The van der Waals surface area contributed by atoms with Gasteiger partial charge >= 0.3 is 0 Å². The third kappa shape index (κ3) is 4.57. The number of ether oxygens (including phenoxy) is 1. The largest absolute Gasteiger partial charge is 0.497 e. The smallest absolute Gasteiger partial charge is 0.291 e. The molecule has 3 rings (SSSR count). The van der Waals surface area contributed by atoms with Gasteiger partial charge in [-0.15, -0.1) is 0 Å². The van der Waals surface area contributed by atoms with E-state index in [1.807, 2.05) is 12.1 Å². The zero-order valence-corrected chi connectivity index (χ0v) is 17.3. The van der Waals surface area contributed by atoms with Gasteiger partial charge < -0.3 is 14.1 Å². The van der Waals surface area contributed by atoms with E-state index in [-0.39, 0.29) is 24.8 Å². The molecule has 1 heterocycles. The molecule has 1 aromatic heterocycles. The van der Waals surface area contributed by atoms with Crippen LogP contribution in [0.25, 0.3) is 0 Å². The van der Waals surface area contributed by atoms with Crippen LogP contribution in [-0.2, 0) is 6.42 Å². The molecule has 0 saturated heterocycles. The second-order valence-electron chi connectivity index (χ2n) is 6.91. The first-order valence-corrected chi connectivity index (χ1v) is 9.66. The number of hydrogen-bond acceptors (Lipinski definition) is 7. The Morgan fingerprint density at radius 2 is 1.87 bits per heavy atom. The fraction of sp³-hybridized carbons (Fsp3) is 0.318. The lowest BCUT2D eigenvalue weighted by Gasteiger charge is -2.14. The topological polar surface area (TPSA) is 132 Å². The van der Waals surface area contributed by atoms with E-state index in [2.05, 4.69) is 10.5 Å². The lowest BCUT2D eigenvalue weighted by Crippen LogP contribution is -2.32. The fourth-order valence-corrected chi connectivity index (χ4v) is 3.42. The van der Waals surface area contributed by atoms with Gasteiger partial charge in [-0.25, -0.2) is 5.43 Å². The SMILES string of the molecule is COc1ccc(C(=O)N/N=C2\CCCc3oc(C(=O)N(CC#N)CC#N)c(C)c32)cc1. The summed E-state index contributed by atoms with van der Waals surface area (Å²) in [5.74, 6) is 0.461. The molecule has 0 spiro atoms. The van der Waals surface area contributed by atoms with Gasteiger partial charge in [0.15, 0.2) is 5.76 Å². The Morgan fingerprint density at radius 1 is 1.19 bits per heavy atom. The Kier molecular flexibility index (Phi) is 6.68. The zero-order valence-electron chi connectivity index (χ0n) is 17.3. The van der Waals surface area contributed by atoms with Crippen LogP contribution in [0.5, 0.6) is 5.75 Å². The minimum absolute atomic E-state index is 0.0894. The maximum Gasteiger partial charge on any atom is 0.291 e. The van der Waals surface area contributed by atoms with Crippen molar-refractivity contribution in [1.82, 2.24) is 10.3 Å². The highest BCUT2D eigenvalue weighted by molar-refractivity contribution is 6.07. The second kappa shape index (κ2) is 9.59.